The van der Waals surface area contributed by atoms with Crippen LogP contribution >= 0.6 is 0 Å². The van der Waals surface area contributed by atoms with E-state index in [1.807, 2.05) is 6.92 Å². The van der Waals surface area contributed by atoms with Crippen molar-refractivity contribution in [3.8, 4) is 0 Å². The number of amides is 1. The van der Waals surface area contributed by atoms with Crippen molar-refractivity contribution >= 4 is 21.6 Å². The minimum Gasteiger partial charge on any atom is -0.399 e. The molecule has 0 unspecified atom stereocenters. The number of nitrogens with zero attached hydrogens (tertiary/aromatic N) is 2. The van der Waals surface area contributed by atoms with E-state index in [-0.39, 0.29) is 17.3 Å². The summed E-state index contributed by atoms with van der Waals surface area (Å²) in [6.45, 7) is 4.15. The number of carbonyl (C=O) groups excluding carboxylic acids is 1. The van der Waals surface area contributed by atoms with Gasteiger partial charge in [0.05, 0.1) is 11.4 Å². The zero-order valence-electron chi connectivity index (χ0n) is 11.9. The molecular formula is C13H19N3O3S. The van der Waals surface area contributed by atoms with Crippen molar-refractivity contribution in [1.82, 2.24) is 9.21 Å². The van der Waals surface area contributed by atoms with Gasteiger partial charge in [0, 0.05) is 25.8 Å². The average Bonchev–Trinajstić information content (AvgIpc) is 2.36. The van der Waals surface area contributed by atoms with Gasteiger partial charge in [-0.15, -0.1) is 0 Å². The Bertz CT molecular complexity index is 655. The van der Waals surface area contributed by atoms with Gasteiger partial charge in [-0.2, -0.15) is 4.31 Å². The maximum atomic E-state index is 12.7. The normalized spacial score (nSPS) is 17.6. The number of nitrogens with two attached hydrogens (primary N) is 1. The van der Waals surface area contributed by atoms with Crippen LogP contribution in [0, 0.1) is 13.8 Å². The quantitative estimate of drug-likeness (QED) is 0.798. The second kappa shape index (κ2) is 5.06. The molecule has 1 amide bonds. The molecule has 2 N–H and O–H groups in total. The van der Waals surface area contributed by atoms with Gasteiger partial charge in [-0.25, -0.2) is 8.42 Å². The fourth-order valence-corrected chi connectivity index (χ4v) is 3.92. The first kappa shape index (κ1) is 14.8. The van der Waals surface area contributed by atoms with Gasteiger partial charge in [0.25, 0.3) is 0 Å². The summed E-state index contributed by atoms with van der Waals surface area (Å²) in [4.78, 5) is 13.4. The van der Waals surface area contributed by atoms with Crippen LogP contribution in [0.15, 0.2) is 17.0 Å². The number of benzene rings is 1. The Labute approximate surface area is 119 Å². The Kier molecular flexibility index (Phi) is 3.75. The van der Waals surface area contributed by atoms with Crippen molar-refractivity contribution in [3.63, 3.8) is 0 Å². The first-order valence-electron chi connectivity index (χ1n) is 6.34. The molecule has 1 aromatic rings. The third-order valence-corrected chi connectivity index (χ3v) is 5.65. The molecule has 1 heterocycles. The molecule has 1 aliphatic rings. The maximum Gasteiger partial charge on any atom is 0.243 e. The van der Waals surface area contributed by atoms with Crippen LogP contribution in [0.1, 0.15) is 11.1 Å². The summed E-state index contributed by atoms with van der Waals surface area (Å²) >= 11 is 0. The summed E-state index contributed by atoms with van der Waals surface area (Å²) in [6, 6.07) is 3.20. The van der Waals surface area contributed by atoms with Crippen LogP contribution in [0.4, 0.5) is 5.69 Å². The highest BCUT2D eigenvalue weighted by atomic mass is 32.2. The number of hydrogen-bond donors (Lipinski definition) is 1. The van der Waals surface area contributed by atoms with Crippen LogP contribution in [0.3, 0.4) is 0 Å². The fourth-order valence-electron chi connectivity index (χ4n) is 2.20. The average molecular weight is 297 g/mol. The molecule has 20 heavy (non-hydrogen) atoms. The predicted molar refractivity (Wildman–Crippen MR) is 76.7 cm³/mol. The number of rotatable bonds is 2. The molecule has 1 saturated heterocycles. The molecule has 110 valence electrons. The first-order valence-corrected chi connectivity index (χ1v) is 7.78. The molecular weight excluding hydrogens is 278 g/mol. The SMILES string of the molecule is Cc1cc(N)cc(S(=O)(=O)N2CCN(C)C(=O)C2)c1C. The number of hydrogen-bond acceptors (Lipinski definition) is 4. The van der Waals surface area contributed by atoms with E-state index in [1.165, 1.54) is 15.3 Å². The molecule has 0 aromatic heterocycles. The number of carbonyl (C=O) groups is 1. The smallest absolute Gasteiger partial charge is 0.243 e. The largest absolute Gasteiger partial charge is 0.399 e. The standard InChI is InChI=1S/C13H19N3O3S/c1-9-6-11(14)7-12(10(9)2)20(18,19)16-5-4-15(3)13(17)8-16/h6-7H,4-5,8,14H2,1-3H3. The Balaban J connectivity index is 2.44. The van der Waals surface area contributed by atoms with Crippen LogP contribution in [0.25, 0.3) is 0 Å². The molecule has 7 heteroatoms. The Morgan fingerprint density at radius 2 is 1.85 bits per heavy atom. The minimum atomic E-state index is -3.69. The van der Waals surface area contributed by atoms with E-state index in [0.717, 1.165) is 5.56 Å². The number of nitrogen functional groups attached to an aromatic ring is 1. The van der Waals surface area contributed by atoms with Crippen LogP contribution in [0.2, 0.25) is 0 Å². The lowest BCUT2D eigenvalue weighted by atomic mass is 10.1. The Hall–Kier alpha value is -1.60. The van der Waals surface area contributed by atoms with E-state index in [4.69, 9.17) is 5.73 Å². The topological polar surface area (TPSA) is 83.7 Å². The molecule has 1 fully saturated rings. The van der Waals surface area contributed by atoms with Crippen molar-refractivity contribution < 1.29 is 13.2 Å². The highest BCUT2D eigenvalue weighted by Gasteiger charge is 2.32. The summed E-state index contributed by atoms with van der Waals surface area (Å²) in [5, 5.41) is 0. The van der Waals surface area contributed by atoms with Crippen molar-refractivity contribution in [2.45, 2.75) is 18.7 Å². The molecule has 0 bridgehead atoms. The molecule has 0 saturated carbocycles. The molecule has 0 aliphatic carbocycles. The van der Waals surface area contributed by atoms with Gasteiger partial charge < -0.3 is 10.6 Å². The maximum absolute atomic E-state index is 12.7. The number of sulfonamides is 1. The summed E-state index contributed by atoms with van der Waals surface area (Å²) in [5.74, 6) is -0.196. The van der Waals surface area contributed by atoms with Gasteiger partial charge >= 0.3 is 0 Å². The fraction of sp³-hybridized carbons (Fsp3) is 0.462. The lowest BCUT2D eigenvalue weighted by molar-refractivity contribution is -0.132. The molecule has 1 aromatic carbocycles. The Morgan fingerprint density at radius 3 is 2.45 bits per heavy atom. The second-order valence-corrected chi connectivity index (χ2v) is 7.02. The van der Waals surface area contributed by atoms with Crippen molar-refractivity contribution in [1.29, 1.82) is 0 Å². The highest BCUT2D eigenvalue weighted by Crippen LogP contribution is 2.26. The number of anilines is 1. The predicted octanol–water partition coefficient (Wildman–Crippen LogP) is 0.348. The Morgan fingerprint density at radius 1 is 1.20 bits per heavy atom. The van der Waals surface area contributed by atoms with Gasteiger partial charge in [-0.3, -0.25) is 4.79 Å². The van der Waals surface area contributed by atoms with Crippen molar-refractivity contribution in [2.75, 3.05) is 32.4 Å². The number of likely N-dealkylation sites (N-methyl/N-ethyl adjacent to an activating group) is 1. The van der Waals surface area contributed by atoms with E-state index in [2.05, 4.69) is 0 Å². The zero-order valence-corrected chi connectivity index (χ0v) is 12.7. The van der Waals surface area contributed by atoms with Crippen LogP contribution in [-0.4, -0.2) is 50.2 Å². The van der Waals surface area contributed by atoms with Crippen LogP contribution in [0.5, 0.6) is 0 Å². The molecule has 0 spiro atoms. The van der Waals surface area contributed by atoms with E-state index in [1.54, 1.807) is 20.0 Å². The second-order valence-electron chi connectivity index (χ2n) is 5.11. The van der Waals surface area contributed by atoms with E-state index in [9.17, 15) is 13.2 Å². The van der Waals surface area contributed by atoms with Gasteiger partial charge in [0.2, 0.25) is 15.9 Å². The van der Waals surface area contributed by atoms with Gasteiger partial charge in [0.15, 0.2) is 0 Å². The lowest BCUT2D eigenvalue weighted by Crippen LogP contribution is -2.50. The summed E-state index contributed by atoms with van der Waals surface area (Å²) in [7, 11) is -2.02. The van der Waals surface area contributed by atoms with Crippen molar-refractivity contribution in [3.05, 3.63) is 23.3 Å². The zero-order chi connectivity index (χ0) is 15.1. The van der Waals surface area contributed by atoms with Crippen LogP contribution in [-0.2, 0) is 14.8 Å². The monoisotopic (exact) mass is 297 g/mol. The van der Waals surface area contributed by atoms with Gasteiger partial charge in [0.1, 0.15) is 0 Å². The highest BCUT2D eigenvalue weighted by molar-refractivity contribution is 7.89. The third kappa shape index (κ3) is 2.51. The van der Waals surface area contributed by atoms with Crippen molar-refractivity contribution in [2.24, 2.45) is 0 Å². The van der Waals surface area contributed by atoms with E-state index < -0.39 is 10.0 Å². The first-order chi connectivity index (χ1) is 9.23. The molecule has 2 rings (SSSR count). The van der Waals surface area contributed by atoms with E-state index >= 15 is 0 Å². The summed E-state index contributed by atoms with van der Waals surface area (Å²) < 4.78 is 26.5. The third-order valence-electron chi connectivity index (χ3n) is 3.68. The van der Waals surface area contributed by atoms with E-state index in [0.29, 0.717) is 24.3 Å². The lowest BCUT2D eigenvalue weighted by Gasteiger charge is -2.31. The van der Waals surface area contributed by atoms with Gasteiger partial charge in [-0.05, 0) is 37.1 Å². The summed E-state index contributed by atoms with van der Waals surface area (Å²) in [6.07, 6.45) is 0. The van der Waals surface area contributed by atoms with Gasteiger partial charge in [-0.1, -0.05) is 0 Å². The molecule has 1 aliphatic heterocycles. The molecule has 6 nitrogen and oxygen atoms in total. The number of piperazine rings is 1. The minimum absolute atomic E-state index is 0.119. The molecule has 0 radical (unpaired) electrons. The number of aryl methyl sites for hydroxylation is 1. The summed E-state index contributed by atoms with van der Waals surface area (Å²) in [5.41, 5.74) is 7.65. The van der Waals surface area contributed by atoms with Crippen LogP contribution < -0.4 is 5.73 Å². The molecule has 0 atom stereocenters.